The molecule has 0 saturated carbocycles. The van der Waals surface area contributed by atoms with Gasteiger partial charge in [0.25, 0.3) is 5.91 Å². The highest BCUT2D eigenvalue weighted by atomic mass is 16.2. The van der Waals surface area contributed by atoms with Gasteiger partial charge in [0.1, 0.15) is 0 Å². The monoisotopic (exact) mass is 339 g/mol. The summed E-state index contributed by atoms with van der Waals surface area (Å²) >= 11 is 0. The van der Waals surface area contributed by atoms with Crippen LogP contribution in [0.15, 0.2) is 36.5 Å². The van der Waals surface area contributed by atoms with Gasteiger partial charge in [-0.1, -0.05) is 30.3 Å². The first-order chi connectivity index (χ1) is 12.2. The maximum Gasteiger partial charge on any atom is 0.276 e. The highest BCUT2D eigenvalue weighted by molar-refractivity contribution is 5.92. The molecule has 1 aromatic heterocycles. The van der Waals surface area contributed by atoms with Crippen molar-refractivity contribution >= 4 is 5.91 Å². The zero-order chi connectivity index (χ0) is 17.2. The van der Waals surface area contributed by atoms with Crippen LogP contribution in [-0.2, 0) is 0 Å². The summed E-state index contributed by atoms with van der Waals surface area (Å²) in [4.78, 5) is 17.5. The van der Waals surface area contributed by atoms with Crippen LogP contribution < -0.4 is 0 Å². The van der Waals surface area contributed by atoms with Crippen LogP contribution >= 0.6 is 0 Å². The molecular weight excluding hydrogens is 314 g/mol. The number of amides is 1. The molecule has 0 spiro atoms. The van der Waals surface area contributed by atoms with Gasteiger partial charge in [0.2, 0.25) is 0 Å². The van der Waals surface area contributed by atoms with E-state index in [1.807, 2.05) is 35.2 Å². The van der Waals surface area contributed by atoms with Gasteiger partial charge < -0.3 is 4.90 Å². The van der Waals surface area contributed by atoms with Gasteiger partial charge in [0, 0.05) is 25.7 Å². The summed E-state index contributed by atoms with van der Waals surface area (Å²) in [5, 5.41) is 8.26. The quantitative estimate of drug-likeness (QED) is 0.857. The Morgan fingerprint density at radius 2 is 2.00 bits per heavy atom. The highest BCUT2D eigenvalue weighted by Crippen LogP contribution is 2.28. The second kappa shape index (κ2) is 6.96. The van der Waals surface area contributed by atoms with Gasteiger partial charge >= 0.3 is 0 Å². The van der Waals surface area contributed by atoms with E-state index in [4.69, 9.17) is 0 Å². The molecular formula is C19H25N5O. The lowest BCUT2D eigenvalue weighted by atomic mass is 9.95. The second-order valence-corrected chi connectivity index (χ2v) is 7.19. The minimum atomic E-state index is 0.0115. The van der Waals surface area contributed by atoms with Gasteiger partial charge in [0.05, 0.1) is 11.9 Å². The third-order valence-corrected chi connectivity index (χ3v) is 5.36. The maximum atomic E-state index is 13.0. The predicted octanol–water partition coefficient (Wildman–Crippen LogP) is 2.21. The van der Waals surface area contributed by atoms with Gasteiger partial charge in [-0.15, -0.1) is 5.10 Å². The van der Waals surface area contributed by atoms with E-state index in [1.54, 1.807) is 10.9 Å². The van der Waals surface area contributed by atoms with Crippen LogP contribution in [0.25, 0.3) is 5.69 Å². The summed E-state index contributed by atoms with van der Waals surface area (Å²) in [6, 6.07) is 10.3. The number of hydrogen-bond donors (Lipinski definition) is 0. The molecule has 6 nitrogen and oxygen atoms in total. The Labute approximate surface area is 148 Å². The molecule has 2 aromatic rings. The van der Waals surface area contributed by atoms with E-state index in [0.29, 0.717) is 17.7 Å². The second-order valence-electron chi connectivity index (χ2n) is 7.19. The van der Waals surface area contributed by atoms with E-state index in [2.05, 4.69) is 22.1 Å². The Bertz CT molecular complexity index is 728. The van der Waals surface area contributed by atoms with Crippen LogP contribution in [0.1, 0.15) is 36.7 Å². The van der Waals surface area contributed by atoms with Crippen molar-refractivity contribution in [3.63, 3.8) is 0 Å². The van der Waals surface area contributed by atoms with Crippen molar-refractivity contribution < 1.29 is 4.79 Å². The average molecular weight is 339 g/mol. The van der Waals surface area contributed by atoms with Crippen molar-refractivity contribution in [2.45, 2.75) is 32.2 Å². The fourth-order valence-electron chi connectivity index (χ4n) is 4.14. The summed E-state index contributed by atoms with van der Waals surface area (Å²) in [6.07, 6.45) is 5.34. The number of benzene rings is 1. The van der Waals surface area contributed by atoms with E-state index in [9.17, 15) is 4.79 Å². The molecule has 2 atom stereocenters. The minimum Gasteiger partial charge on any atom is -0.335 e. The lowest BCUT2D eigenvalue weighted by molar-refractivity contribution is 0.0732. The van der Waals surface area contributed by atoms with Crippen LogP contribution in [0, 0.1) is 5.92 Å². The number of fused-ring (bicyclic) bond motifs is 4. The summed E-state index contributed by atoms with van der Waals surface area (Å²) in [7, 11) is 0. The molecule has 0 unspecified atom stereocenters. The van der Waals surface area contributed by atoms with Crippen LogP contribution in [0.5, 0.6) is 0 Å². The summed E-state index contributed by atoms with van der Waals surface area (Å²) in [5.74, 6) is 0.593. The first-order valence-corrected chi connectivity index (χ1v) is 9.25. The average Bonchev–Trinajstić information content (AvgIpc) is 2.96. The summed E-state index contributed by atoms with van der Waals surface area (Å²) < 4.78 is 1.67. The maximum absolute atomic E-state index is 13.0. The van der Waals surface area contributed by atoms with Crippen molar-refractivity contribution in [3.8, 4) is 5.69 Å². The van der Waals surface area contributed by atoms with E-state index in [1.165, 1.54) is 19.3 Å². The summed E-state index contributed by atoms with van der Waals surface area (Å²) in [5.41, 5.74) is 1.35. The van der Waals surface area contributed by atoms with Crippen LogP contribution in [0.3, 0.4) is 0 Å². The Morgan fingerprint density at radius 3 is 2.80 bits per heavy atom. The molecule has 0 N–H and O–H groups in total. The van der Waals surface area contributed by atoms with Gasteiger partial charge in [-0.3, -0.25) is 9.69 Å². The standard InChI is InChI=1S/C19H25N5O/c1-2-10-22-11-15-8-9-17(22)13-23(12-15)19(25)18-14-24(21-20-18)16-6-4-3-5-7-16/h3-7,14-15,17H,2,8-13H2,1H3/t15-,17-/m1/s1. The zero-order valence-corrected chi connectivity index (χ0v) is 14.7. The molecule has 0 aliphatic carbocycles. The number of carbonyl (C=O) groups excluding carboxylic acids is 1. The largest absolute Gasteiger partial charge is 0.335 e. The molecule has 6 heteroatoms. The topological polar surface area (TPSA) is 54.3 Å². The van der Waals surface area contributed by atoms with Gasteiger partial charge in [-0.05, 0) is 43.9 Å². The Morgan fingerprint density at radius 1 is 1.16 bits per heavy atom. The Hall–Kier alpha value is -2.21. The molecule has 1 aromatic carbocycles. The number of hydrogen-bond acceptors (Lipinski definition) is 4. The molecule has 0 radical (unpaired) electrons. The first-order valence-electron chi connectivity index (χ1n) is 9.25. The van der Waals surface area contributed by atoms with Crippen LogP contribution in [-0.4, -0.2) is 62.9 Å². The number of rotatable bonds is 4. The molecule has 3 fully saturated rings. The minimum absolute atomic E-state index is 0.0115. The molecule has 3 aliphatic heterocycles. The number of piperidine rings is 1. The van der Waals surface area contributed by atoms with E-state index in [-0.39, 0.29) is 5.91 Å². The number of carbonyl (C=O) groups is 1. The normalized spacial score (nSPS) is 23.6. The highest BCUT2D eigenvalue weighted by Gasteiger charge is 2.36. The molecule has 25 heavy (non-hydrogen) atoms. The van der Waals surface area contributed by atoms with E-state index in [0.717, 1.165) is 31.9 Å². The van der Waals surface area contributed by atoms with Crippen molar-refractivity contribution in [2.75, 3.05) is 26.2 Å². The molecule has 4 heterocycles. The Kier molecular flexibility index (Phi) is 4.53. The molecule has 132 valence electrons. The van der Waals surface area contributed by atoms with Crippen molar-refractivity contribution in [1.29, 1.82) is 0 Å². The van der Waals surface area contributed by atoms with Gasteiger partial charge in [-0.25, -0.2) is 4.68 Å². The predicted molar refractivity (Wildman–Crippen MR) is 95.6 cm³/mol. The van der Waals surface area contributed by atoms with Crippen molar-refractivity contribution in [3.05, 3.63) is 42.2 Å². The van der Waals surface area contributed by atoms with Gasteiger partial charge in [-0.2, -0.15) is 0 Å². The molecule has 1 amide bonds. The third-order valence-electron chi connectivity index (χ3n) is 5.36. The zero-order valence-electron chi connectivity index (χ0n) is 14.7. The number of aromatic nitrogens is 3. The Balaban J connectivity index is 1.51. The van der Waals surface area contributed by atoms with Crippen LogP contribution in [0.2, 0.25) is 0 Å². The van der Waals surface area contributed by atoms with Crippen molar-refractivity contribution in [2.24, 2.45) is 5.92 Å². The van der Waals surface area contributed by atoms with E-state index >= 15 is 0 Å². The molecule has 3 aliphatic rings. The number of para-hydroxylation sites is 1. The summed E-state index contributed by atoms with van der Waals surface area (Å²) in [6.45, 7) is 6.14. The van der Waals surface area contributed by atoms with Gasteiger partial charge in [0.15, 0.2) is 5.69 Å². The molecule has 3 saturated heterocycles. The third kappa shape index (κ3) is 3.31. The lowest BCUT2D eigenvalue weighted by Gasteiger charge is -2.35. The first kappa shape index (κ1) is 16.3. The SMILES string of the molecule is CCCN1C[C@H]2CC[C@@H]1CN(C(=O)c1cn(-c3ccccc3)nn1)C2. The fourth-order valence-corrected chi connectivity index (χ4v) is 4.14. The van der Waals surface area contributed by atoms with E-state index < -0.39 is 0 Å². The van der Waals surface area contributed by atoms with Crippen molar-refractivity contribution in [1.82, 2.24) is 24.8 Å². The lowest BCUT2D eigenvalue weighted by Crippen LogP contribution is -2.44. The fraction of sp³-hybridized carbons (Fsp3) is 0.526. The molecule has 5 rings (SSSR count). The molecule has 2 bridgehead atoms. The van der Waals surface area contributed by atoms with Crippen LogP contribution in [0.4, 0.5) is 0 Å². The number of nitrogens with zero attached hydrogens (tertiary/aromatic N) is 5. The smallest absolute Gasteiger partial charge is 0.276 e.